The molecule has 0 bridgehead atoms. The third-order valence-corrected chi connectivity index (χ3v) is 4.51. The highest BCUT2D eigenvalue weighted by atomic mass is 32.2. The first-order valence-corrected chi connectivity index (χ1v) is 7.63. The summed E-state index contributed by atoms with van der Waals surface area (Å²) in [6.45, 7) is 0. The number of benzene rings is 1. The summed E-state index contributed by atoms with van der Waals surface area (Å²) in [5.74, 6) is 0.430. The molecular formula is C16H20OS. The van der Waals surface area contributed by atoms with Gasteiger partial charge in [0.1, 0.15) is 5.78 Å². The van der Waals surface area contributed by atoms with E-state index >= 15 is 0 Å². The minimum atomic E-state index is 0.152. The molecule has 1 atom stereocenters. The van der Waals surface area contributed by atoms with E-state index in [0.717, 1.165) is 38.5 Å². The molecule has 0 saturated heterocycles. The lowest BCUT2D eigenvalue weighted by Crippen LogP contribution is -2.17. The Kier molecular flexibility index (Phi) is 5.53. The lowest BCUT2D eigenvalue weighted by atomic mass is 10.0. The predicted molar refractivity (Wildman–Crippen MR) is 77.9 cm³/mol. The maximum absolute atomic E-state index is 12.2. The molecule has 0 amide bonds. The molecule has 0 saturated carbocycles. The molecule has 0 aliphatic heterocycles. The molecule has 1 aromatic carbocycles. The first kappa shape index (κ1) is 13.4. The van der Waals surface area contributed by atoms with Crippen LogP contribution >= 0.6 is 11.8 Å². The number of thioether (sulfide) groups is 1. The highest BCUT2D eigenvalue weighted by molar-refractivity contribution is 8.00. The normalized spacial score (nSPS) is 21.8. The Balaban J connectivity index is 1.99. The number of hydrogen-bond acceptors (Lipinski definition) is 2. The van der Waals surface area contributed by atoms with Crippen molar-refractivity contribution in [1.82, 2.24) is 0 Å². The van der Waals surface area contributed by atoms with Gasteiger partial charge in [0.25, 0.3) is 0 Å². The van der Waals surface area contributed by atoms with Crippen molar-refractivity contribution in [3.05, 3.63) is 42.5 Å². The van der Waals surface area contributed by atoms with Crippen molar-refractivity contribution in [2.24, 2.45) is 0 Å². The van der Waals surface area contributed by atoms with Gasteiger partial charge in [-0.05, 0) is 44.2 Å². The van der Waals surface area contributed by atoms with Crippen molar-refractivity contribution in [3.8, 4) is 0 Å². The third kappa shape index (κ3) is 4.34. The van der Waals surface area contributed by atoms with E-state index in [4.69, 9.17) is 0 Å². The zero-order valence-corrected chi connectivity index (χ0v) is 11.5. The van der Waals surface area contributed by atoms with Crippen molar-refractivity contribution >= 4 is 17.5 Å². The molecule has 96 valence electrons. The number of rotatable bonds is 2. The second-order valence-electron chi connectivity index (χ2n) is 4.68. The molecule has 0 radical (unpaired) electrons. The summed E-state index contributed by atoms with van der Waals surface area (Å²) < 4.78 is 0. The second-order valence-corrected chi connectivity index (χ2v) is 5.96. The van der Waals surface area contributed by atoms with Crippen LogP contribution in [0, 0.1) is 0 Å². The molecule has 0 aromatic heterocycles. The van der Waals surface area contributed by atoms with E-state index in [-0.39, 0.29) is 5.25 Å². The molecule has 1 nitrogen and oxygen atoms in total. The first-order valence-electron chi connectivity index (χ1n) is 6.75. The predicted octanol–water partition coefficient (Wildman–Crippen LogP) is 4.63. The number of carbonyl (C=O) groups is 1. The quantitative estimate of drug-likeness (QED) is 0.721. The molecule has 0 heterocycles. The maximum Gasteiger partial charge on any atom is 0.146 e. The average molecular weight is 260 g/mol. The van der Waals surface area contributed by atoms with Crippen LogP contribution in [0.5, 0.6) is 0 Å². The van der Waals surface area contributed by atoms with Crippen LogP contribution in [0.4, 0.5) is 0 Å². The molecule has 0 fully saturated rings. The van der Waals surface area contributed by atoms with Gasteiger partial charge in [0.15, 0.2) is 0 Å². The molecular weight excluding hydrogens is 240 g/mol. The Morgan fingerprint density at radius 3 is 2.50 bits per heavy atom. The number of hydrogen-bond donors (Lipinski definition) is 0. The topological polar surface area (TPSA) is 17.1 Å². The van der Waals surface area contributed by atoms with Crippen LogP contribution in [0.1, 0.15) is 38.5 Å². The summed E-state index contributed by atoms with van der Waals surface area (Å²) >= 11 is 1.74. The summed E-state index contributed by atoms with van der Waals surface area (Å²) in [7, 11) is 0. The fourth-order valence-electron chi connectivity index (χ4n) is 2.16. The highest BCUT2D eigenvalue weighted by Crippen LogP contribution is 2.28. The molecule has 1 aromatic rings. The van der Waals surface area contributed by atoms with Crippen molar-refractivity contribution in [3.63, 3.8) is 0 Å². The lowest BCUT2D eigenvalue weighted by molar-refractivity contribution is -0.118. The van der Waals surface area contributed by atoms with E-state index in [9.17, 15) is 4.79 Å². The SMILES string of the molecule is O=C1CCCC=CCCC[C@H]1Sc1ccccc1. The first-order chi connectivity index (χ1) is 8.86. The maximum atomic E-state index is 12.2. The Bertz CT molecular complexity index is 397. The van der Waals surface area contributed by atoms with E-state index in [0.29, 0.717) is 5.78 Å². The van der Waals surface area contributed by atoms with Crippen molar-refractivity contribution in [2.45, 2.75) is 48.7 Å². The summed E-state index contributed by atoms with van der Waals surface area (Å²) in [6, 6.07) is 10.3. The second kappa shape index (κ2) is 7.42. The van der Waals surface area contributed by atoms with Crippen molar-refractivity contribution < 1.29 is 4.79 Å². The third-order valence-electron chi connectivity index (χ3n) is 3.18. The average Bonchev–Trinajstić information content (AvgIpc) is 2.41. The Hall–Kier alpha value is -1.02. The molecule has 0 unspecified atom stereocenters. The van der Waals surface area contributed by atoms with Gasteiger partial charge >= 0.3 is 0 Å². The standard InChI is InChI=1S/C16H20OS/c17-15-12-8-3-1-2-4-9-13-16(15)18-14-10-6-5-7-11-14/h1-2,5-7,10-11,16H,3-4,8-9,12-13H2/t16-/m1/s1. The van der Waals surface area contributed by atoms with Crippen LogP contribution in [0.15, 0.2) is 47.4 Å². The monoisotopic (exact) mass is 260 g/mol. The molecule has 1 aliphatic rings. The van der Waals surface area contributed by atoms with Gasteiger partial charge in [0.2, 0.25) is 0 Å². The summed E-state index contributed by atoms with van der Waals surface area (Å²) in [4.78, 5) is 13.4. The van der Waals surface area contributed by atoms with E-state index in [2.05, 4.69) is 24.3 Å². The number of Topliss-reactive ketones (excluding diaryl/α,β-unsaturated/α-hetero) is 1. The Labute approximate surface area is 114 Å². The van der Waals surface area contributed by atoms with Gasteiger partial charge in [-0.25, -0.2) is 0 Å². The fourth-order valence-corrected chi connectivity index (χ4v) is 3.34. The van der Waals surface area contributed by atoms with Gasteiger partial charge in [0, 0.05) is 11.3 Å². The Morgan fingerprint density at radius 2 is 1.72 bits per heavy atom. The fraction of sp³-hybridized carbons (Fsp3) is 0.438. The van der Waals surface area contributed by atoms with Gasteiger partial charge in [-0.15, -0.1) is 11.8 Å². The van der Waals surface area contributed by atoms with Gasteiger partial charge in [-0.2, -0.15) is 0 Å². The van der Waals surface area contributed by atoms with Crippen LogP contribution in [0.25, 0.3) is 0 Å². The minimum Gasteiger partial charge on any atom is -0.298 e. The lowest BCUT2D eigenvalue weighted by Gasteiger charge is -2.16. The van der Waals surface area contributed by atoms with Gasteiger partial charge < -0.3 is 0 Å². The summed E-state index contributed by atoms with van der Waals surface area (Å²) in [5, 5.41) is 0.152. The van der Waals surface area contributed by atoms with E-state index in [1.165, 1.54) is 4.90 Å². The van der Waals surface area contributed by atoms with E-state index < -0.39 is 0 Å². The molecule has 0 N–H and O–H groups in total. The zero-order chi connectivity index (χ0) is 12.6. The molecule has 0 spiro atoms. The molecule has 2 rings (SSSR count). The van der Waals surface area contributed by atoms with E-state index in [1.807, 2.05) is 18.2 Å². The van der Waals surface area contributed by atoms with E-state index in [1.54, 1.807) is 11.8 Å². The highest BCUT2D eigenvalue weighted by Gasteiger charge is 2.19. The van der Waals surface area contributed by atoms with Gasteiger partial charge in [-0.1, -0.05) is 30.4 Å². The van der Waals surface area contributed by atoms with Gasteiger partial charge in [0.05, 0.1) is 5.25 Å². The number of carbonyl (C=O) groups excluding carboxylic acids is 1. The smallest absolute Gasteiger partial charge is 0.146 e. The van der Waals surface area contributed by atoms with Crippen LogP contribution < -0.4 is 0 Å². The van der Waals surface area contributed by atoms with Crippen LogP contribution in [0.2, 0.25) is 0 Å². The minimum absolute atomic E-state index is 0.152. The summed E-state index contributed by atoms with van der Waals surface area (Å²) in [6.07, 6.45) is 10.5. The van der Waals surface area contributed by atoms with Crippen LogP contribution in [0.3, 0.4) is 0 Å². The van der Waals surface area contributed by atoms with Crippen molar-refractivity contribution in [1.29, 1.82) is 0 Å². The number of ketones is 1. The van der Waals surface area contributed by atoms with Crippen LogP contribution in [-0.4, -0.2) is 11.0 Å². The largest absolute Gasteiger partial charge is 0.298 e. The Morgan fingerprint density at radius 1 is 1.00 bits per heavy atom. The molecule has 18 heavy (non-hydrogen) atoms. The van der Waals surface area contributed by atoms with Crippen LogP contribution in [-0.2, 0) is 4.79 Å². The summed E-state index contributed by atoms with van der Waals surface area (Å²) in [5.41, 5.74) is 0. The molecule has 1 aliphatic carbocycles. The van der Waals surface area contributed by atoms with Crippen molar-refractivity contribution in [2.75, 3.05) is 0 Å². The molecule has 2 heteroatoms. The van der Waals surface area contributed by atoms with Gasteiger partial charge in [-0.3, -0.25) is 4.79 Å². The number of allylic oxidation sites excluding steroid dienone is 2. The zero-order valence-electron chi connectivity index (χ0n) is 10.7.